The van der Waals surface area contributed by atoms with Crippen molar-refractivity contribution in [3.63, 3.8) is 0 Å². The fourth-order valence-corrected chi connectivity index (χ4v) is 2.04. The first kappa shape index (κ1) is 14.5. The minimum absolute atomic E-state index is 0.491. The highest BCUT2D eigenvalue weighted by Gasteiger charge is 2.05. The molecule has 0 fully saturated rings. The molecule has 0 atom stereocenters. The zero-order valence-electron chi connectivity index (χ0n) is 10.4. The number of thioether (sulfide) groups is 1. The normalized spacial score (nSPS) is 9.39. The molecule has 3 nitrogen and oxygen atoms in total. The van der Waals surface area contributed by atoms with Gasteiger partial charge in [-0.15, -0.1) is 17.7 Å². The van der Waals surface area contributed by atoms with Gasteiger partial charge < -0.3 is 10.5 Å². The largest absolute Gasteiger partial charge is 0.410 e. The van der Waals surface area contributed by atoms with Crippen molar-refractivity contribution in [3.8, 4) is 17.6 Å². The molecule has 0 saturated carbocycles. The first-order valence-corrected chi connectivity index (χ1v) is 6.87. The predicted molar refractivity (Wildman–Crippen MR) is 74.7 cm³/mol. The number of rotatable bonds is 5. The lowest BCUT2D eigenvalue weighted by Gasteiger charge is -2.05. The number of carbonyl (C=O) groups excluding carboxylic acids is 1. The third-order valence-electron chi connectivity index (χ3n) is 2.14. The van der Waals surface area contributed by atoms with Crippen molar-refractivity contribution in [2.45, 2.75) is 31.1 Å². The number of primary amides is 1. The molecule has 0 aliphatic carbocycles. The number of nitrogens with two attached hydrogens (primary N) is 1. The second kappa shape index (κ2) is 8.48. The van der Waals surface area contributed by atoms with Crippen molar-refractivity contribution >= 4 is 17.9 Å². The summed E-state index contributed by atoms with van der Waals surface area (Å²) in [4.78, 5) is 11.6. The number of ether oxygens (including phenoxy) is 1. The molecule has 1 amide bonds. The summed E-state index contributed by atoms with van der Waals surface area (Å²) in [5.41, 5.74) is 5.00. The van der Waals surface area contributed by atoms with Crippen LogP contribution in [0, 0.1) is 11.8 Å². The number of hydrogen-bond donors (Lipinski definition) is 1. The minimum Gasteiger partial charge on any atom is -0.409 e. The predicted octanol–water partition coefficient (Wildman–Crippen LogP) is 3.43. The quantitative estimate of drug-likeness (QED) is 0.503. The standard InChI is InChI=1S/C14H17NO2S/c1-2-3-4-5-8-11-18-13-10-7-6-9-12(13)17-14(15)16/h6-7,9-10H,2-4,11H2,1H3,(H2,15,16). The summed E-state index contributed by atoms with van der Waals surface area (Å²) in [5, 5.41) is 0. The van der Waals surface area contributed by atoms with Crippen LogP contribution in [-0.4, -0.2) is 11.8 Å². The molecule has 1 rings (SSSR count). The Morgan fingerprint density at radius 1 is 1.39 bits per heavy atom. The van der Waals surface area contributed by atoms with Gasteiger partial charge in [0, 0.05) is 6.42 Å². The van der Waals surface area contributed by atoms with Crippen molar-refractivity contribution < 1.29 is 9.53 Å². The summed E-state index contributed by atoms with van der Waals surface area (Å²) in [7, 11) is 0. The van der Waals surface area contributed by atoms with Gasteiger partial charge in [0.2, 0.25) is 0 Å². The van der Waals surface area contributed by atoms with Gasteiger partial charge in [-0.05, 0) is 18.6 Å². The van der Waals surface area contributed by atoms with Gasteiger partial charge in [-0.25, -0.2) is 4.79 Å². The number of benzene rings is 1. The highest BCUT2D eigenvalue weighted by Crippen LogP contribution is 2.28. The molecule has 2 N–H and O–H groups in total. The maximum absolute atomic E-state index is 10.7. The van der Waals surface area contributed by atoms with Gasteiger partial charge in [0.05, 0.1) is 10.6 Å². The molecule has 0 aliphatic heterocycles. The summed E-state index contributed by atoms with van der Waals surface area (Å²) in [6, 6.07) is 7.30. The topological polar surface area (TPSA) is 52.3 Å². The molecule has 1 aromatic rings. The van der Waals surface area contributed by atoms with Crippen LogP contribution in [0.15, 0.2) is 29.2 Å². The van der Waals surface area contributed by atoms with Crippen LogP contribution in [0.3, 0.4) is 0 Å². The lowest BCUT2D eigenvalue weighted by atomic mass is 10.3. The third kappa shape index (κ3) is 5.65. The van der Waals surface area contributed by atoms with Crippen LogP contribution < -0.4 is 10.5 Å². The van der Waals surface area contributed by atoms with Crippen LogP contribution in [-0.2, 0) is 0 Å². The highest BCUT2D eigenvalue weighted by molar-refractivity contribution is 7.99. The zero-order valence-corrected chi connectivity index (χ0v) is 11.3. The molecule has 4 heteroatoms. The molecular weight excluding hydrogens is 246 g/mol. The molecule has 0 aliphatic rings. The van der Waals surface area contributed by atoms with Gasteiger partial charge in [-0.2, -0.15) is 0 Å². The second-order valence-electron chi connectivity index (χ2n) is 3.61. The molecule has 0 aromatic heterocycles. The SMILES string of the molecule is CCCCC#CCSc1ccccc1OC(N)=O. The Morgan fingerprint density at radius 2 is 2.17 bits per heavy atom. The van der Waals surface area contributed by atoms with Gasteiger partial charge >= 0.3 is 6.09 Å². The Hall–Kier alpha value is -1.60. The number of hydrogen-bond acceptors (Lipinski definition) is 3. The summed E-state index contributed by atoms with van der Waals surface area (Å²) < 4.78 is 4.91. The van der Waals surface area contributed by atoms with Crippen molar-refractivity contribution in [2.75, 3.05) is 5.75 Å². The maximum atomic E-state index is 10.7. The molecule has 96 valence electrons. The summed E-state index contributed by atoms with van der Waals surface area (Å²) in [6.45, 7) is 2.15. The van der Waals surface area contributed by atoms with E-state index in [0.29, 0.717) is 11.5 Å². The molecule has 18 heavy (non-hydrogen) atoms. The summed E-state index contributed by atoms with van der Waals surface area (Å²) in [6.07, 6.45) is 2.45. The van der Waals surface area contributed by atoms with E-state index in [1.807, 2.05) is 12.1 Å². The van der Waals surface area contributed by atoms with Crippen LogP contribution in [0.5, 0.6) is 5.75 Å². The van der Waals surface area contributed by atoms with Crippen molar-refractivity contribution in [2.24, 2.45) is 5.73 Å². The van der Waals surface area contributed by atoms with E-state index in [4.69, 9.17) is 10.5 Å². The van der Waals surface area contributed by atoms with Gasteiger partial charge in [0.15, 0.2) is 0 Å². The van der Waals surface area contributed by atoms with E-state index in [0.717, 1.165) is 24.2 Å². The second-order valence-corrected chi connectivity index (χ2v) is 4.63. The van der Waals surface area contributed by atoms with Gasteiger partial charge in [-0.1, -0.05) is 31.4 Å². The first-order valence-electron chi connectivity index (χ1n) is 5.89. The number of amides is 1. The number of carbonyl (C=O) groups is 1. The Labute approximate surface area is 112 Å². The van der Waals surface area contributed by atoms with Crippen LogP contribution in [0.25, 0.3) is 0 Å². The van der Waals surface area contributed by atoms with E-state index < -0.39 is 6.09 Å². The van der Waals surface area contributed by atoms with Crippen molar-refractivity contribution in [3.05, 3.63) is 24.3 Å². The van der Waals surface area contributed by atoms with Gasteiger partial charge in [0.25, 0.3) is 0 Å². The molecule has 0 saturated heterocycles. The Kier molecular flexibility index (Phi) is 6.82. The Balaban J connectivity index is 2.50. The fraction of sp³-hybridized carbons (Fsp3) is 0.357. The van der Waals surface area contributed by atoms with Crippen LogP contribution in [0.4, 0.5) is 4.79 Å². The maximum Gasteiger partial charge on any atom is 0.410 e. The van der Waals surface area contributed by atoms with E-state index in [1.165, 1.54) is 0 Å². The van der Waals surface area contributed by atoms with Crippen LogP contribution in [0.1, 0.15) is 26.2 Å². The average Bonchev–Trinajstić information content (AvgIpc) is 2.35. The van der Waals surface area contributed by atoms with Gasteiger partial charge in [0.1, 0.15) is 5.75 Å². The first-order chi connectivity index (χ1) is 8.74. The Bertz CT molecular complexity index is 449. The summed E-state index contributed by atoms with van der Waals surface area (Å²) >= 11 is 1.54. The van der Waals surface area contributed by atoms with E-state index in [9.17, 15) is 4.79 Å². The Morgan fingerprint density at radius 3 is 2.89 bits per heavy atom. The number of para-hydroxylation sites is 1. The molecule has 0 bridgehead atoms. The van der Waals surface area contributed by atoms with Crippen LogP contribution in [0.2, 0.25) is 0 Å². The zero-order chi connectivity index (χ0) is 13.2. The lowest BCUT2D eigenvalue weighted by Crippen LogP contribution is -2.16. The number of unbranched alkanes of at least 4 members (excludes halogenated alkanes) is 2. The average molecular weight is 263 g/mol. The lowest BCUT2D eigenvalue weighted by molar-refractivity contribution is 0.210. The summed E-state index contributed by atoms with van der Waals surface area (Å²) in [5.74, 6) is 7.38. The monoisotopic (exact) mass is 263 g/mol. The van der Waals surface area contributed by atoms with E-state index >= 15 is 0 Å². The molecule has 0 unspecified atom stereocenters. The minimum atomic E-state index is -0.794. The highest BCUT2D eigenvalue weighted by atomic mass is 32.2. The van der Waals surface area contributed by atoms with Crippen molar-refractivity contribution in [1.82, 2.24) is 0 Å². The molecule has 0 radical (unpaired) electrons. The molecule has 1 aromatic carbocycles. The van der Waals surface area contributed by atoms with E-state index in [-0.39, 0.29) is 0 Å². The molecule has 0 spiro atoms. The fourth-order valence-electron chi connectivity index (χ4n) is 1.28. The van der Waals surface area contributed by atoms with E-state index in [2.05, 4.69) is 18.8 Å². The van der Waals surface area contributed by atoms with Crippen molar-refractivity contribution in [1.29, 1.82) is 0 Å². The molecule has 0 heterocycles. The smallest absolute Gasteiger partial charge is 0.409 e. The van der Waals surface area contributed by atoms with Crippen LogP contribution >= 0.6 is 11.8 Å². The van der Waals surface area contributed by atoms with Gasteiger partial charge in [-0.3, -0.25) is 0 Å². The van der Waals surface area contributed by atoms with E-state index in [1.54, 1.807) is 23.9 Å². The molecular formula is C14H17NO2S. The third-order valence-corrected chi connectivity index (χ3v) is 3.08.